The van der Waals surface area contributed by atoms with Gasteiger partial charge in [-0.1, -0.05) is 11.6 Å². The Kier molecular flexibility index (Phi) is 5.45. The van der Waals surface area contributed by atoms with Crippen molar-refractivity contribution in [1.82, 2.24) is 20.1 Å². The van der Waals surface area contributed by atoms with Gasteiger partial charge in [0.15, 0.2) is 0 Å². The van der Waals surface area contributed by atoms with Crippen LogP contribution in [0.5, 0.6) is 5.75 Å². The fraction of sp³-hybridized carbons (Fsp3) is 0.273. The minimum absolute atomic E-state index is 0.0687. The van der Waals surface area contributed by atoms with Gasteiger partial charge in [0.05, 0.1) is 29.8 Å². The number of nitrogens with zero attached hydrogens (tertiary/aromatic N) is 3. The van der Waals surface area contributed by atoms with Crippen LogP contribution in [0.25, 0.3) is 0 Å². The maximum absolute atomic E-state index is 14.8. The van der Waals surface area contributed by atoms with Crippen molar-refractivity contribution in [2.75, 3.05) is 5.32 Å². The van der Waals surface area contributed by atoms with E-state index in [1.165, 1.54) is 18.3 Å². The molecule has 1 saturated heterocycles. The van der Waals surface area contributed by atoms with E-state index in [0.29, 0.717) is 24.1 Å². The summed E-state index contributed by atoms with van der Waals surface area (Å²) in [6.45, 7) is -0.105. The summed E-state index contributed by atoms with van der Waals surface area (Å²) in [5.41, 5.74) is 1.48. The minimum atomic E-state index is -0.684. The summed E-state index contributed by atoms with van der Waals surface area (Å²) in [5, 5.41) is 9.34. The highest BCUT2D eigenvalue weighted by molar-refractivity contribution is 6.31. The van der Waals surface area contributed by atoms with E-state index in [-0.39, 0.29) is 40.7 Å². The summed E-state index contributed by atoms with van der Waals surface area (Å²) in [6.07, 6.45) is 4.36. The maximum Gasteiger partial charge on any atom is 0.322 e. The van der Waals surface area contributed by atoms with Crippen LogP contribution in [0.15, 0.2) is 41.5 Å². The molecule has 2 N–H and O–H groups in total. The van der Waals surface area contributed by atoms with Gasteiger partial charge in [-0.05, 0) is 37.0 Å². The Morgan fingerprint density at radius 2 is 2.09 bits per heavy atom. The van der Waals surface area contributed by atoms with Crippen LogP contribution in [0.1, 0.15) is 35.7 Å². The quantitative estimate of drug-likeness (QED) is 0.597. The van der Waals surface area contributed by atoms with Gasteiger partial charge in [0.1, 0.15) is 24.0 Å². The van der Waals surface area contributed by atoms with Crippen molar-refractivity contribution in [3.8, 4) is 5.75 Å². The first-order valence-corrected chi connectivity index (χ1v) is 10.7. The topological polar surface area (TPSA) is 100 Å². The first-order chi connectivity index (χ1) is 15.9. The van der Waals surface area contributed by atoms with Crippen LogP contribution in [0.3, 0.4) is 0 Å². The summed E-state index contributed by atoms with van der Waals surface area (Å²) in [7, 11) is 0. The van der Waals surface area contributed by atoms with Crippen molar-refractivity contribution in [3.05, 3.63) is 80.5 Å². The van der Waals surface area contributed by atoms with E-state index in [9.17, 15) is 18.4 Å². The van der Waals surface area contributed by atoms with E-state index in [1.54, 1.807) is 4.90 Å². The number of amides is 2. The molecule has 170 valence electrons. The van der Waals surface area contributed by atoms with Crippen LogP contribution in [0.2, 0.25) is 5.02 Å². The molecule has 8 nitrogen and oxygen atoms in total. The van der Waals surface area contributed by atoms with Gasteiger partial charge in [0.25, 0.3) is 5.56 Å². The molecule has 5 rings (SSSR count). The monoisotopic (exact) mass is 473 g/mol. The third-order valence-electron chi connectivity index (χ3n) is 5.88. The van der Waals surface area contributed by atoms with Gasteiger partial charge >= 0.3 is 6.03 Å². The van der Waals surface area contributed by atoms with E-state index in [4.69, 9.17) is 16.3 Å². The number of aromatic amines is 1. The highest BCUT2D eigenvalue weighted by Crippen LogP contribution is 2.42. The average Bonchev–Trinajstić information content (AvgIpc) is 3.10. The van der Waals surface area contributed by atoms with Crippen LogP contribution in [-0.4, -0.2) is 32.2 Å². The number of H-pyrrole nitrogens is 1. The van der Waals surface area contributed by atoms with Gasteiger partial charge < -0.3 is 15.0 Å². The number of rotatable bonds is 4. The molecule has 0 aliphatic carbocycles. The number of nitrogens with one attached hydrogen (secondary N) is 2. The van der Waals surface area contributed by atoms with Crippen molar-refractivity contribution in [2.45, 2.75) is 38.0 Å². The Morgan fingerprint density at radius 1 is 1.24 bits per heavy atom. The zero-order chi connectivity index (χ0) is 23.1. The number of fused-ring (bicyclic) bond motifs is 4. The molecule has 3 aromatic rings. The van der Waals surface area contributed by atoms with Crippen LogP contribution < -0.4 is 15.6 Å². The number of anilines is 1. The van der Waals surface area contributed by atoms with Gasteiger partial charge in [-0.25, -0.2) is 18.7 Å². The normalized spacial score (nSPS) is 18.7. The molecule has 4 heterocycles. The van der Waals surface area contributed by atoms with Crippen LogP contribution >= 0.6 is 11.6 Å². The number of benzene rings is 1. The van der Waals surface area contributed by atoms with E-state index in [0.717, 1.165) is 30.3 Å². The summed E-state index contributed by atoms with van der Waals surface area (Å²) >= 11 is 6.27. The van der Waals surface area contributed by atoms with Crippen molar-refractivity contribution in [1.29, 1.82) is 0 Å². The van der Waals surface area contributed by atoms with Crippen molar-refractivity contribution >= 4 is 23.3 Å². The second-order valence-electron chi connectivity index (χ2n) is 7.98. The van der Waals surface area contributed by atoms with Crippen molar-refractivity contribution in [3.63, 3.8) is 0 Å². The molecule has 2 aliphatic heterocycles. The number of ether oxygens (including phenoxy) is 1. The zero-order valence-electron chi connectivity index (χ0n) is 17.1. The highest BCUT2D eigenvalue weighted by Gasteiger charge is 2.44. The predicted molar refractivity (Wildman–Crippen MR) is 115 cm³/mol. The van der Waals surface area contributed by atoms with Crippen LogP contribution in [0.4, 0.5) is 19.3 Å². The largest absolute Gasteiger partial charge is 0.487 e. The third kappa shape index (κ3) is 4.13. The van der Waals surface area contributed by atoms with Gasteiger partial charge in [0.2, 0.25) is 0 Å². The van der Waals surface area contributed by atoms with Gasteiger partial charge in [-0.2, -0.15) is 5.10 Å². The molecule has 11 heteroatoms. The summed E-state index contributed by atoms with van der Waals surface area (Å²) in [6, 6.07) is 4.29. The number of hydrogen-bond donors (Lipinski definition) is 2. The molecule has 0 saturated carbocycles. The summed E-state index contributed by atoms with van der Waals surface area (Å²) in [4.78, 5) is 29.9. The number of carbonyl (C=O) groups excluding carboxylic acids is 1. The summed E-state index contributed by atoms with van der Waals surface area (Å²) < 4.78 is 33.4. The smallest absolute Gasteiger partial charge is 0.322 e. The zero-order valence-corrected chi connectivity index (χ0v) is 17.9. The molecule has 2 aromatic heterocycles. The lowest BCUT2D eigenvalue weighted by Gasteiger charge is -2.35. The number of aromatic nitrogens is 3. The average molecular weight is 474 g/mol. The fourth-order valence-electron chi connectivity index (χ4n) is 4.42. The van der Waals surface area contributed by atoms with E-state index in [2.05, 4.69) is 20.5 Å². The number of urea groups is 1. The number of halogens is 3. The van der Waals surface area contributed by atoms with E-state index in [1.807, 2.05) is 0 Å². The molecule has 2 atom stereocenters. The van der Waals surface area contributed by atoms with Crippen LogP contribution in [-0.2, 0) is 13.0 Å². The molecule has 0 radical (unpaired) electrons. The highest BCUT2D eigenvalue weighted by atomic mass is 35.5. The van der Waals surface area contributed by atoms with Crippen LogP contribution in [0, 0.1) is 11.6 Å². The second kappa shape index (κ2) is 8.43. The summed E-state index contributed by atoms with van der Waals surface area (Å²) in [5.74, 6) is -1.06. The number of carbonyl (C=O) groups is 1. The second-order valence-corrected chi connectivity index (χ2v) is 8.39. The lowest BCUT2D eigenvalue weighted by molar-refractivity contribution is 0.177. The third-order valence-corrected chi connectivity index (χ3v) is 6.23. The minimum Gasteiger partial charge on any atom is -0.487 e. The van der Waals surface area contributed by atoms with Gasteiger partial charge in [0, 0.05) is 28.8 Å². The van der Waals surface area contributed by atoms with Gasteiger partial charge in [-0.15, -0.1) is 0 Å². The SMILES string of the molecule is O=C(Nc1cc(Cl)c(COc2cncc(F)c2)cc1F)N1[C@H]2CC[C@@H]1c1n[nH]c(=O)cc1C2. The Morgan fingerprint density at radius 3 is 2.91 bits per heavy atom. The standard InChI is InChI=1S/C22H18ClF2N5O3/c23-16-7-18(17(25)4-12(16)10-33-15-6-13(24)8-26-9-15)27-22(32)30-14-1-2-19(30)21-11(3-14)5-20(31)28-29-21/h4-9,14,19H,1-3,10H2,(H,27,32)(H,28,31)/t14-,19+/m0/s1. The lowest BCUT2D eigenvalue weighted by atomic mass is 9.99. The number of hydrogen-bond acceptors (Lipinski definition) is 5. The molecule has 1 fully saturated rings. The first-order valence-electron chi connectivity index (χ1n) is 10.3. The molecule has 0 spiro atoms. The van der Waals surface area contributed by atoms with Crippen molar-refractivity contribution in [2.24, 2.45) is 0 Å². The molecule has 2 aliphatic rings. The maximum atomic E-state index is 14.8. The van der Waals surface area contributed by atoms with E-state index >= 15 is 0 Å². The fourth-order valence-corrected chi connectivity index (χ4v) is 4.64. The first kappa shape index (κ1) is 21.3. The molecule has 33 heavy (non-hydrogen) atoms. The Labute approximate surface area is 191 Å². The Hall–Kier alpha value is -3.53. The number of pyridine rings is 1. The van der Waals surface area contributed by atoms with Gasteiger partial charge in [-0.3, -0.25) is 9.78 Å². The molecular weight excluding hydrogens is 456 g/mol. The molecule has 2 amide bonds. The van der Waals surface area contributed by atoms with Crippen molar-refractivity contribution < 1.29 is 18.3 Å². The van der Waals surface area contributed by atoms with E-state index < -0.39 is 17.7 Å². The Balaban J connectivity index is 1.31. The predicted octanol–water partition coefficient (Wildman–Crippen LogP) is 3.97. The lowest BCUT2D eigenvalue weighted by Crippen LogP contribution is -2.45. The molecular formula is C22H18ClF2N5O3. The Bertz CT molecular complexity index is 1300. The molecule has 1 aromatic carbocycles. The molecule has 0 unspecified atom stereocenters. The molecule has 2 bridgehead atoms.